The largest absolute Gasteiger partial charge is 0.329 e. The second-order valence-corrected chi connectivity index (χ2v) is 3.88. The molecule has 0 spiro atoms. The summed E-state index contributed by atoms with van der Waals surface area (Å²) in [6, 6.07) is 1.06. The molecule has 5 heteroatoms. The molecule has 0 amide bonds. The molecule has 1 rings (SSSR count). The maximum absolute atomic E-state index is 5.57. The van der Waals surface area contributed by atoms with Gasteiger partial charge in [0.1, 0.15) is 0 Å². The molecule has 1 heterocycles. The molecule has 12 heavy (non-hydrogen) atoms. The summed E-state index contributed by atoms with van der Waals surface area (Å²) in [5.74, 6) is 0. The van der Waals surface area contributed by atoms with Crippen molar-refractivity contribution in [1.29, 1.82) is 0 Å². The van der Waals surface area contributed by atoms with Gasteiger partial charge in [0, 0.05) is 43.9 Å². The first-order chi connectivity index (χ1) is 5.80. The van der Waals surface area contributed by atoms with Crippen molar-refractivity contribution in [2.45, 2.75) is 25.4 Å². The van der Waals surface area contributed by atoms with Crippen LogP contribution < -0.4 is 16.2 Å². The maximum atomic E-state index is 5.57. The van der Waals surface area contributed by atoms with Crippen molar-refractivity contribution in [2.75, 3.05) is 19.6 Å². The van der Waals surface area contributed by atoms with Crippen molar-refractivity contribution in [2.24, 2.45) is 10.9 Å². The lowest BCUT2D eigenvalue weighted by atomic mass is 10.1. The van der Waals surface area contributed by atoms with Crippen LogP contribution in [0.2, 0.25) is 0 Å². The summed E-state index contributed by atoms with van der Waals surface area (Å²) in [6.07, 6.45) is 1.10. The quantitative estimate of drug-likeness (QED) is 0.511. The van der Waals surface area contributed by atoms with E-state index < -0.39 is 0 Å². The predicted octanol–water partition coefficient (Wildman–Crippen LogP) is -0.481. The number of hydrogen-bond donors (Lipinski definition) is 3. The molecule has 0 radical (unpaired) electrons. The summed E-state index contributed by atoms with van der Waals surface area (Å²) in [6.45, 7) is 4.96. The van der Waals surface area contributed by atoms with E-state index in [4.69, 9.17) is 10.9 Å². The van der Waals surface area contributed by atoms with Crippen molar-refractivity contribution in [1.82, 2.24) is 9.62 Å². The van der Waals surface area contributed by atoms with Gasteiger partial charge in [-0.15, -0.1) is 0 Å². The molecule has 1 saturated heterocycles. The van der Waals surface area contributed by atoms with Crippen LogP contribution in [0.25, 0.3) is 0 Å². The lowest BCUT2D eigenvalue weighted by Gasteiger charge is -2.39. The molecule has 1 atom stereocenters. The van der Waals surface area contributed by atoms with Crippen LogP contribution in [0.1, 0.15) is 13.3 Å². The first kappa shape index (κ1) is 10.3. The second kappa shape index (κ2) is 5.04. The Balaban J connectivity index is 2.09. The van der Waals surface area contributed by atoms with Crippen molar-refractivity contribution >= 4 is 12.1 Å². The summed E-state index contributed by atoms with van der Waals surface area (Å²) in [7, 11) is 0. The van der Waals surface area contributed by atoms with Gasteiger partial charge in [0.15, 0.2) is 0 Å². The van der Waals surface area contributed by atoms with Gasteiger partial charge in [-0.3, -0.25) is 5.14 Å². The zero-order valence-corrected chi connectivity index (χ0v) is 8.31. The van der Waals surface area contributed by atoms with Gasteiger partial charge in [-0.25, -0.2) is 4.31 Å². The molecular formula is C7H18N4S. The van der Waals surface area contributed by atoms with Gasteiger partial charge in [0.2, 0.25) is 0 Å². The summed E-state index contributed by atoms with van der Waals surface area (Å²) < 4.78 is 2.13. The maximum Gasteiger partial charge on any atom is 0.0345 e. The first-order valence-electron chi connectivity index (χ1n) is 4.38. The Hall–Kier alpha value is 0.190. The molecule has 72 valence electrons. The second-order valence-electron chi connectivity index (χ2n) is 3.16. The highest BCUT2D eigenvalue weighted by Gasteiger charge is 2.27. The fourth-order valence-corrected chi connectivity index (χ4v) is 1.85. The van der Waals surface area contributed by atoms with Gasteiger partial charge < -0.3 is 11.1 Å². The Bertz CT molecular complexity index is 123. The van der Waals surface area contributed by atoms with Crippen molar-refractivity contribution in [3.63, 3.8) is 0 Å². The minimum atomic E-state index is 0.472. The van der Waals surface area contributed by atoms with E-state index in [9.17, 15) is 0 Å². The Labute approximate surface area is 78.3 Å². The SMILES string of the molecule is CCC(CN)NC1CN(SN)C1. The van der Waals surface area contributed by atoms with Gasteiger partial charge >= 0.3 is 0 Å². The van der Waals surface area contributed by atoms with E-state index in [1.54, 1.807) is 0 Å². The molecule has 4 nitrogen and oxygen atoms in total. The van der Waals surface area contributed by atoms with Gasteiger partial charge in [-0.05, 0) is 6.42 Å². The van der Waals surface area contributed by atoms with E-state index in [0.29, 0.717) is 12.1 Å². The molecule has 0 aromatic rings. The van der Waals surface area contributed by atoms with E-state index in [1.807, 2.05) is 0 Å². The third-order valence-electron chi connectivity index (χ3n) is 2.25. The highest BCUT2D eigenvalue weighted by Crippen LogP contribution is 2.14. The molecule has 1 unspecified atom stereocenters. The van der Waals surface area contributed by atoms with E-state index >= 15 is 0 Å². The van der Waals surface area contributed by atoms with Crippen LogP contribution in [-0.2, 0) is 0 Å². The first-order valence-corrected chi connectivity index (χ1v) is 5.21. The fraction of sp³-hybridized carbons (Fsp3) is 1.00. The minimum absolute atomic E-state index is 0.472. The lowest BCUT2D eigenvalue weighted by Crippen LogP contribution is -2.58. The molecule has 1 fully saturated rings. The smallest absolute Gasteiger partial charge is 0.0345 e. The Morgan fingerprint density at radius 3 is 2.75 bits per heavy atom. The molecule has 0 bridgehead atoms. The average Bonchev–Trinajstić information content (AvgIpc) is 2.03. The third kappa shape index (κ3) is 2.60. The molecule has 0 aliphatic carbocycles. The van der Waals surface area contributed by atoms with Crippen LogP contribution >= 0.6 is 12.1 Å². The molecule has 0 saturated carbocycles. The van der Waals surface area contributed by atoms with Crippen molar-refractivity contribution in [3.8, 4) is 0 Å². The Morgan fingerprint density at radius 2 is 2.33 bits per heavy atom. The third-order valence-corrected chi connectivity index (χ3v) is 2.84. The van der Waals surface area contributed by atoms with Crippen LogP contribution in [0.3, 0.4) is 0 Å². The summed E-state index contributed by atoms with van der Waals surface area (Å²) in [5.41, 5.74) is 5.57. The van der Waals surface area contributed by atoms with Crippen molar-refractivity contribution < 1.29 is 0 Å². The van der Waals surface area contributed by atoms with Gasteiger partial charge in [-0.2, -0.15) is 0 Å². The zero-order chi connectivity index (χ0) is 8.97. The van der Waals surface area contributed by atoms with Crippen LogP contribution in [-0.4, -0.2) is 36.0 Å². The number of nitrogens with zero attached hydrogens (tertiary/aromatic N) is 1. The normalized spacial score (nSPS) is 22.2. The van der Waals surface area contributed by atoms with E-state index in [0.717, 1.165) is 26.1 Å². The van der Waals surface area contributed by atoms with Crippen LogP contribution in [0.5, 0.6) is 0 Å². The highest BCUT2D eigenvalue weighted by atomic mass is 32.2. The summed E-state index contributed by atoms with van der Waals surface area (Å²) in [5, 5.41) is 8.86. The fourth-order valence-electron chi connectivity index (χ4n) is 1.32. The molecule has 1 aliphatic rings. The summed E-state index contributed by atoms with van der Waals surface area (Å²) in [4.78, 5) is 0. The van der Waals surface area contributed by atoms with E-state index in [2.05, 4.69) is 16.5 Å². The molecule has 1 aliphatic heterocycles. The van der Waals surface area contributed by atoms with Gasteiger partial charge in [0.25, 0.3) is 0 Å². The number of hydrogen-bond acceptors (Lipinski definition) is 5. The van der Waals surface area contributed by atoms with Crippen LogP contribution in [0.15, 0.2) is 0 Å². The van der Waals surface area contributed by atoms with E-state index in [-0.39, 0.29) is 0 Å². The van der Waals surface area contributed by atoms with Gasteiger partial charge in [-0.1, -0.05) is 6.92 Å². The minimum Gasteiger partial charge on any atom is -0.329 e. The van der Waals surface area contributed by atoms with Crippen molar-refractivity contribution in [3.05, 3.63) is 0 Å². The Morgan fingerprint density at radius 1 is 1.67 bits per heavy atom. The summed E-state index contributed by atoms with van der Waals surface area (Å²) >= 11 is 1.32. The number of nitrogens with one attached hydrogen (secondary N) is 1. The van der Waals surface area contributed by atoms with Gasteiger partial charge in [0.05, 0.1) is 0 Å². The molecule has 5 N–H and O–H groups in total. The topological polar surface area (TPSA) is 67.3 Å². The van der Waals surface area contributed by atoms with Crippen LogP contribution in [0, 0.1) is 0 Å². The molecule has 0 aromatic carbocycles. The lowest BCUT2D eigenvalue weighted by molar-refractivity contribution is 0.227. The van der Waals surface area contributed by atoms with Crippen LogP contribution in [0.4, 0.5) is 0 Å². The number of rotatable bonds is 5. The molecular weight excluding hydrogens is 172 g/mol. The predicted molar refractivity (Wildman–Crippen MR) is 53.4 cm³/mol. The number of nitrogens with two attached hydrogens (primary N) is 2. The monoisotopic (exact) mass is 190 g/mol. The zero-order valence-electron chi connectivity index (χ0n) is 7.49. The highest BCUT2D eigenvalue weighted by molar-refractivity contribution is 7.94. The Kier molecular flexibility index (Phi) is 4.31. The standard InChI is InChI=1S/C7H18N4S/c1-2-6(3-8)10-7-4-11(5-7)12-9/h6-7,10H,2-5,8-9H2,1H3. The average molecular weight is 190 g/mol. The van der Waals surface area contributed by atoms with E-state index in [1.165, 1.54) is 12.1 Å². The molecule has 0 aromatic heterocycles.